The largest absolute Gasteiger partial charge is 0.356 e. The van der Waals surface area contributed by atoms with Gasteiger partial charge in [0.05, 0.1) is 6.42 Å². The Hall–Kier alpha value is -2.36. The highest BCUT2D eigenvalue weighted by Crippen LogP contribution is 2.31. The third-order valence-electron chi connectivity index (χ3n) is 5.66. The van der Waals surface area contributed by atoms with E-state index in [9.17, 15) is 9.59 Å². The fraction of sp³-hybridized carbons (Fsp3) is 0.455. The molecule has 0 radical (unpaired) electrons. The summed E-state index contributed by atoms with van der Waals surface area (Å²) in [6, 6.07) is 10.3. The van der Waals surface area contributed by atoms with Gasteiger partial charge in [-0.2, -0.15) is 0 Å². The van der Waals surface area contributed by atoms with Crippen molar-refractivity contribution < 1.29 is 9.59 Å². The molecule has 4 heteroatoms. The summed E-state index contributed by atoms with van der Waals surface area (Å²) < 4.78 is 2.26. The molecule has 2 aliphatic rings. The maximum absolute atomic E-state index is 12.6. The Balaban J connectivity index is 1.64. The van der Waals surface area contributed by atoms with E-state index < -0.39 is 0 Å². The van der Waals surface area contributed by atoms with Crippen LogP contribution in [-0.4, -0.2) is 22.8 Å². The predicted octanol–water partition coefficient (Wildman–Crippen LogP) is 3.43. The zero-order chi connectivity index (χ0) is 18.1. The summed E-state index contributed by atoms with van der Waals surface area (Å²) in [5, 5.41) is 3.04. The van der Waals surface area contributed by atoms with Gasteiger partial charge in [-0.1, -0.05) is 30.3 Å². The highest BCUT2D eigenvalue weighted by Gasteiger charge is 2.29. The lowest BCUT2D eigenvalue weighted by atomic mass is 9.92. The zero-order valence-corrected chi connectivity index (χ0v) is 15.4. The van der Waals surface area contributed by atoms with Gasteiger partial charge in [0.2, 0.25) is 5.91 Å². The summed E-state index contributed by atoms with van der Waals surface area (Å²) in [7, 11) is 0. The Labute approximate surface area is 154 Å². The van der Waals surface area contributed by atoms with Crippen LogP contribution < -0.4 is 5.32 Å². The Morgan fingerprint density at radius 2 is 1.96 bits per heavy atom. The van der Waals surface area contributed by atoms with Crippen molar-refractivity contribution in [3.05, 3.63) is 58.4 Å². The van der Waals surface area contributed by atoms with Crippen molar-refractivity contribution in [3.63, 3.8) is 0 Å². The average Bonchev–Trinajstić information content (AvgIpc) is 3.44. The third-order valence-corrected chi connectivity index (χ3v) is 5.66. The Bertz CT molecular complexity index is 832. The second-order valence-corrected chi connectivity index (χ2v) is 7.66. The van der Waals surface area contributed by atoms with Gasteiger partial charge in [0.15, 0.2) is 5.78 Å². The number of hydrogen-bond donors (Lipinski definition) is 1. The molecule has 4 rings (SSSR count). The van der Waals surface area contributed by atoms with E-state index in [-0.39, 0.29) is 11.7 Å². The molecule has 1 heterocycles. The number of hydrogen-bond acceptors (Lipinski definition) is 2. The normalized spacial score (nSPS) is 16.4. The van der Waals surface area contributed by atoms with E-state index in [2.05, 4.69) is 28.9 Å². The van der Waals surface area contributed by atoms with Crippen LogP contribution in [0.4, 0.5) is 0 Å². The van der Waals surface area contributed by atoms with Gasteiger partial charge >= 0.3 is 0 Å². The topological polar surface area (TPSA) is 51.1 Å². The van der Waals surface area contributed by atoms with Gasteiger partial charge in [0, 0.05) is 36.5 Å². The predicted molar refractivity (Wildman–Crippen MR) is 101 cm³/mol. The number of nitrogens with one attached hydrogen (secondary N) is 1. The molecule has 0 spiro atoms. The molecule has 1 aromatic heterocycles. The molecule has 1 aromatic carbocycles. The molecule has 2 aromatic rings. The number of carbonyl (C=O) groups excluding carboxylic acids is 2. The fourth-order valence-corrected chi connectivity index (χ4v) is 3.99. The van der Waals surface area contributed by atoms with E-state index >= 15 is 0 Å². The maximum atomic E-state index is 12.6. The number of nitrogens with zero attached hydrogens (tertiary/aromatic N) is 1. The van der Waals surface area contributed by atoms with E-state index in [4.69, 9.17) is 0 Å². The van der Waals surface area contributed by atoms with Crippen LogP contribution in [0, 0.1) is 12.8 Å². The van der Waals surface area contributed by atoms with Crippen LogP contribution >= 0.6 is 0 Å². The fourth-order valence-electron chi connectivity index (χ4n) is 3.99. The minimum atomic E-state index is 0.0398. The molecule has 0 atom stereocenters. The molecule has 1 fully saturated rings. The lowest BCUT2D eigenvalue weighted by molar-refractivity contribution is -0.120. The molecule has 0 saturated heterocycles. The van der Waals surface area contributed by atoms with Crippen LogP contribution in [0.1, 0.15) is 58.6 Å². The zero-order valence-electron chi connectivity index (χ0n) is 15.4. The van der Waals surface area contributed by atoms with Gasteiger partial charge < -0.3 is 9.88 Å². The van der Waals surface area contributed by atoms with E-state index in [0.717, 1.165) is 48.4 Å². The first-order valence-corrected chi connectivity index (χ1v) is 9.68. The van der Waals surface area contributed by atoms with Crippen LogP contribution in [0.25, 0.3) is 0 Å². The number of rotatable bonds is 6. The first kappa shape index (κ1) is 17.1. The van der Waals surface area contributed by atoms with Crippen molar-refractivity contribution in [3.8, 4) is 0 Å². The van der Waals surface area contributed by atoms with Crippen LogP contribution in [-0.2, 0) is 24.2 Å². The van der Waals surface area contributed by atoms with Gasteiger partial charge in [-0.25, -0.2) is 0 Å². The molecule has 1 N–H and O–H groups in total. The summed E-state index contributed by atoms with van der Waals surface area (Å²) in [5.74, 6) is 0.905. The Morgan fingerprint density at radius 3 is 2.69 bits per heavy atom. The Morgan fingerprint density at radius 1 is 1.19 bits per heavy atom. The van der Waals surface area contributed by atoms with Crippen molar-refractivity contribution in [2.45, 2.75) is 52.0 Å². The monoisotopic (exact) mass is 350 g/mol. The lowest BCUT2D eigenvalue weighted by Crippen LogP contribution is -2.28. The second-order valence-electron chi connectivity index (χ2n) is 7.66. The quantitative estimate of drug-likeness (QED) is 0.868. The minimum absolute atomic E-state index is 0.0398. The molecule has 2 aliphatic carbocycles. The van der Waals surface area contributed by atoms with Gasteiger partial charge in [-0.3, -0.25) is 9.59 Å². The van der Waals surface area contributed by atoms with Gasteiger partial charge in [0.1, 0.15) is 0 Å². The first-order chi connectivity index (χ1) is 12.6. The molecule has 4 nitrogen and oxygen atoms in total. The molecule has 0 bridgehead atoms. The van der Waals surface area contributed by atoms with Crippen LogP contribution in [0.15, 0.2) is 30.3 Å². The number of aromatic nitrogens is 1. The standard InChI is InChI=1S/C22H26N2O2/c1-15-18(12-21(26)23-13-16-10-11-16)22-19(8-5-9-20(22)25)24(15)14-17-6-3-2-4-7-17/h2-4,6-7,16H,5,8-14H2,1H3,(H,23,26). The number of carbonyl (C=O) groups is 2. The number of benzene rings is 1. The van der Waals surface area contributed by atoms with E-state index in [1.54, 1.807) is 0 Å². The molecular formula is C22H26N2O2. The van der Waals surface area contributed by atoms with Crippen LogP contribution in [0.5, 0.6) is 0 Å². The van der Waals surface area contributed by atoms with Gasteiger partial charge in [-0.15, -0.1) is 0 Å². The molecule has 1 saturated carbocycles. The number of amides is 1. The first-order valence-electron chi connectivity index (χ1n) is 9.68. The van der Waals surface area contributed by atoms with Crippen molar-refractivity contribution in [1.82, 2.24) is 9.88 Å². The van der Waals surface area contributed by atoms with Crippen LogP contribution in [0.2, 0.25) is 0 Å². The summed E-state index contributed by atoms with van der Waals surface area (Å²) in [4.78, 5) is 25.1. The second kappa shape index (κ2) is 7.10. The molecular weight excluding hydrogens is 324 g/mol. The maximum Gasteiger partial charge on any atom is 0.224 e. The summed E-state index contributed by atoms with van der Waals surface area (Å²) >= 11 is 0. The average molecular weight is 350 g/mol. The highest BCUT2D eigenvalue weighted by atomic mass is 16.1. The molecule has 1 amide bonds. The van der Waals surface area contributed by atoms with Crippen molar-refractivity contribution >= 4 is 11.7 Å². The molecule has 136 valence electrons. The molecule has 0 unspecified atom stereocenters. The summed E-state index contributed by atoms with van der Waals surface area (Å²) in [5.41, 5.74) is 5.17. The van der Waals surface area contributed by atoms with Gasteiger partial charge in [-0.05, 0) is 49.7 Å². The number of fused-ring (bicyclic) bond motifs is 1. The smallest absolute Gasteiger partial charge is 0.224 e. The van der Waals surface area contributed by atoms with E-state index in [1.807, 2.05) is 18.2 Å². The number of ketones is 1. The Kier molecular flexibility index (Phi) is 4.66. The molecule has 0 aliphatic heterocycles. The van der Waals surface area contributed by atoms with E-state index in [0.29, 0.717) is 18.8 Å². The molecule has 26 heavy (non-hydrogen) atoms. The summed E-state index contributed by atoms with van der Waals surface area (Å²) in [6.07, 6.45) is 5.17. The highest BCUT2D eigenvalue weighted by molar-refractivity contribution is 6.01. The van der Waals surface area contributed by atoms with E-state index in [1.165, 1.54) is 18.4 Å². The van der Waals surface area contributed by atoms with Crippen molar-refractivity contribution in [2.24, 2.45) is 5.92 Å². The van der Waals surface area contributed by atoms with Gasteiger partial charge in [0.25, 0.3) is 0 Å². The minimum Gasteiger partial charge on any atom is -0.356 e. The third kappa shape index (κ3) is 3.46. The van der Waals surface area contributed by atoms with Crippen LogP contribution in [0.3, 0.4) is 0 Å². The lowest BCUT2D eigenvalue weighted by Gasteiger charge is -2.16. The number of Topliss-reactive ketones (excluding diaryl/α,β-unsaturated/α-hetero) is 1. The van der Waals surface area contributed by atoms with Crippen molar-refractivity contribution in [1.29, 1.82) is 0 Å². The van der Waals surface area contributed by atoms with Crippen molar-refractivity contribution in [2.75, 3.05) is 6.54 Å². The SMILES string of the molecule is Cc1c(CC(=O)NCC2CC2)c2c(n1Cc1ccccc1)CCCC2=O. The summed E-state index contributed by atoms with van der Waals surface area (Å²) in [6.45, 7) is 3.59.